The lowest BCUT2D eigenvalue weighted by Gasteiger charge is -2.10. The maximum atomic E-state index is 12.5. The van der Waals surface area contributed by atoms with Gasteiger partial charge >= 0.3 is 5.97 Å². The summed E-state index contributed by atoms with van der Waals surface area (Å²) >= 11 is 0.875. The van der Waals surface area contributed by atoms with Crippen molar-refractivity contribution in [2.75, 3.05) is 6.54 Å². The SMILES string of the molecule is O=C(NCC1(C(=O)O)CC1)c1ccc(S(=O)(=O)c2ccccc2)s1. The van der Waals surface area contributed by atoms with Gasteiger partial charge in [-0.3, -0.25) is 9.59 Å². The Morgan fingerprint density at radius 2 is 1.79 bits per heavy atom. The number of rotatable bonds is 6. The Kier molecular flexibility index (Phi) is 4.18. The summed E-state index contributed by atoms with van der Waals surface area (Å²) in [7, 11) is -3.65. The topological polar surface area (TPSA) is 101 Å². The summed E-state index contributed by atoms with van der Waals surface area (Å²) in [6.45, 7) is 0.0554. The van der Waals surface area contributed by atoms with E-state index >= 15 is 0 Å². The zero-order valence-corrected chi connectivity index (χ0v) is 14.2. The molecule has 0 saturated heterocycles. The van der Waals surface area contributed by atoms with Gasteiger partial charge in [-0.1, -0.05) is 18.2 Å². The normalized spacial score (nSPS) is 15.7. The molecule has 0 atom stereocenters. The molecular formula is C16H15NO5S2. The Hall–Kier alpha value is -2.19. The largest absolute Gasteiger partial charge is 0.481 e. The molecule has 1 aromatic carbocycles. The van der Waals surface area contributed by atoms with Crippen molar-refractivity contribution in [3.63, 3.8) is 0 Å². The molecule has 1 aromatic heterocycles. The Bertz CT molecular complexity index is 882. The second kappa shape index (κ2) is 6.03. The lowest BCUT2D eigenvalue weighted by molar-refractivity contribution is -0.143. The van der Waals surface area contributed by atoms with E-state index in [2.05, 4.69) is 5.32 Å². The van der Waals surface area contributed by atoms with Gasteiger partial charge < -0.3 is 10.4 Å². The van der Waals surface area contributed by atoms with E-state index in [0.29, 0.717) is 12.8 Å². The fourth-order valence-corrected chi connectivity index (χ4v) is 4.90. The molecule has 0 aliphatic heterocycles. The Labute approximate surface area is 143 Å². The molecule has 126 valence electrons. The van der Waals surface area contributed by atoms with Crippen molar-refractivity contribution in [3.05, 3.63) is 47.3 Å². The zero-order valence-electron chi connectivity index (χ0n) is 12.6. The standard InChI is InChI=1S/C16H15NO5S2/c18-14(17-10-16(8-9-16)15(19)20)12-6-7-13(23-12)24(21,22)11-4-2-1-3-5-11/h1-7H,8-10H2,(H,17,18)(H,19,20). The van der Waals surface area contributed by atoms with Crippen LogP contribution in [0.2, 0.25) is 0 Å². The van der Waals surface area contributed by atoms with Gasteiger partial charge in [0.25, 0.3) is 5.91 Å². The Morgan fingerprint density at radius 1 is 1.12 bits per heavy atom. The van der Waals surface area contributed by atoms with Crippen molar-refractivity contribution in [1.82, 2.24) is 5.32 Å². The molecule has 3 rings (SSSR count). The second-order valence-corrected chi connectivity index (χ2v) is 8.96. The number of carbonyl (C=O) groups is 2. The summed E-state index contributed by atoms with van der Waals surface area (Å²) in [5, 5.41) is 11.7. The van der Waals surface area contributed by atoms with Gasteiger partial charge in [-0.05, 0) is 37.1 Å². The number of thiophene rings is 1. The third kappa shape index (κ3) is 3.07. The first-order valence-electron chi connectivity index (χ1n) is 7.27. The second-order valence-electron chi connectivity index (χ2n) is 5.70. The van der Waals surface area contributed by atoms with Gasteiger partial charge in [0.1, 0.15) is 4.21 Å². The predicted molar refractivity (Wildman–Crippen MR) is 87.8 cm³/mol. The van der Waals surface area contributed by atoms with Crippen molar-refractivity contribution >= 4 is 33.1 Å². The maximum Gasteiger partial charge on any atom is 0.311 e. The highest BCUT2D eigenvalue weighted by molar-refractivity contribution is 7.93. The highest BCUT2D eigenvalue weighted by atomic mass is 32.2. The van der Waals surface area contributed by atoms with Gasteiger partial charge in [-0.15, -0.1) is 11.3 Å². The number of benzene rings is 1. The average Bonchev–Trinajstić information content (AvgIpc) is 3.20. The van der Waals surface area contributed by atoms with Gasteiger partial charge in [-0.25, -0.2) is 8.42 Å². The van der Waals surface area contributed by atoms with Crippen LogP contribution in [0.3, 0.4) is 0 Å². The third-order valence-electron chi connectivity index (χ3n) is 4.02. The van der Waals surface area contributed by atoms with Crippen molar-refractivity contribution in [2.24, 2.45) is 5.41 Å². The summed E-state index contributed by atoms with van der Waals surface area (Å²) in [5.41, 5.74) is -0.855. The molecule has 1 aliphatic rings. The van der Waals surface area contributed by atoms with Gasteiger partial charge in [0.15, 0.2) is 0 Å². The lowest BCUT2D eigenvalue weighted by Crippen LogP contribution is -2.33. The number of carboxylic acid groups (broad SMARTS) is 1. The van der Waals surface area contributed by atoms with E-state index in [1.165, 1.54) is 24.3 Å². The van der Waals surface area contributed by atoms with E-state index < -0.39 is 27.1 Å². The number of carbonyl (C=O) groups excluding carboxylic acids is 1. The fourth-order valence-electron chi connectivity index (χ4n) is 2.26. The lowest BCUT2D eigenvalue weighted by atomic mass is 10.1. The first-order valence-corrected chi connectivity index (χ1v) is 9.57. The van der Waals surface area contributed by atoms with Gasteiger partial charge in [0.2, 0.25) is 9.84 Å². The minimum atomic E-state index is -3.65. The third-order valence-corrected chi connectivity index (χ3v) is 7.36. The van der Waals surface area contributed by atoms with Gasteiger partial charge in [0, 0.05) is 6.54 Å². The van der Waals surface area contributed by atoms with Crippen LogP contribution < -0.4 is 5.32 Å². The smallest absolute Gasteiger partial charge is 0.311 e. The van der Waals surface area contributed by atoms with Crippen molar-refractivity contribution in [2.45, 2.75) is 21.9 Å². The average molecular weight is 365 g/mol. The first-order chi connectivity index (χ1) is 11.3. The van der Waals surface area contributed by atoms with E-state index in [-0.39, 0.29) is 20.5 Å². The monoisotopic (exact) mass is 365 g/mol. The van der Waals surface area contributed by atoms with Crippen LogP contribution in [-0.2, 0) is 14.6 Å². The molecule has 0 unspecified atom stereocenters. The summed E-state index contributed by atoms with van der Waals surface area (Å²) in [6, 6.07) is 10.8. The number of aliphatic carboxylic acids is 1. The molecule has 0 spiro atoms. The summed E-state index contributed by atoms with van der Waals surface area (Å²) < 4.78 is 25.1. The minimum absolute atomic E-state index is 0.0554. The van der Waals surface area contributed by atoms with E-state index in [1.807, 2.05) is 0 Å². The van der Waals surface area contributed by atoms with Crippen LogP contribution >= 0.6 is 11.3 Å². The molecule has 8 heteroatoms. The number of hydrogen-bond acceptors (Lipinski definition) is 5. The summed E-state index contributed by atoms with van der Waals surface area (Å²) in [6.07, 6.45) is 1.08. The molecule has 2 aromatic rings. The van der Waals surface area contributed by atoms with Gasteiger partial charge in [-0.2, -0.15) is 0 Å². The number of sulfone groups is 1. The van der Waals surface area contributed by atoms with E-state index in [4.69, 9.17) is 5.11 Å². The van der Waals surface area contributed by atoms with E-state index in [9.17, 15) is 18.0 Å². The molecule has 1 aliphatic carbocycles. The number of amides is 1. The first kappa shape index (κ1) is 16.7. The predicted octanol–water partition coefficient (Wildman–Crippen LogP) is 2.18. The van der Waals surface area contributed by atoms with Crippen LogP contribution in [0.5, 0.6) is 0 Å². The van der Waals surface area contributed by atoms with Crippen LogP contribution in [0, 0.1) is 5.41 Å². The highest BCUT2D eigenvalue weighted by Crippen LogP contribution is 2.45. The molecule has 1 heterocycles. The fraction of sp³-hybridized carbons (Fsp3) is 0.250. The van der Waals surface area contributed by atoms with Crippen LogP contribution in [0.25, 0.3) is 0 Å². The molecule has 1 saturated carbocycles. The number of hydrogen-bond donors (Lipinski definition) is 2. The van der Waals surface area contributed by atoms with E-state index in [0.717, 1.165) is 11.3 Å². The highest BCUT2D eigenvalue weighted by Gasteiger charge is 2.50. The van der Waals surface area contributed by atoms with E-state index in [1.54, 1.807) is 18.2 Å². The van der Waals surface area contributed by atoms with Crippen molar-refractivity contribution < 1.29 is 23.1 Å². The maximum absolute atomic E-state index is 12.5. The van der Waals surface area contributed by atoms with Gasteiger partial charge in [0.05, 0.1) is 15.2 Å². The molecule has 0 bridgehead atoms. The zero-order chi connectivity index (χ0) is 17.4. The Balaban J connectivity index is 1.74. The number of nitrogens with one attached hydrogen (secondary N) is 1. The summed E-state index contributed by atoms with van der Waals surface area (Å²) in [5.74, 6) is -1.37. The Morgan fingerprint density at radius 3 is 2.38 bits per heavy atom. The molecule has 2 N–H and O–H groups in total. The molecular weight excluding hydrogens is 350 g/mol. The summed E-state index contributed by atoms with van der Waals surface area (Å²) in [4.78, 5) is 23.6. The van der Waals surface area contributed by atoms with Crippen LogP contribution in [0.1, 0.15) is 22.5 Å². The van der Waals surface area contributed by atoms with Crippen LogP contribution in [-0.4, -0.2) is 31.9 Å². The molecule has 1 fully saturated rings. The number of carboxylic acids is 1. The van der Waals surface area contributed by atoms with Crippen molar-refractivity contribution in [1.29, 1.82) is 0 Å². The molecule has 6 nitrogen and oxygen atoms in total. The van der Waals surface area contributed by atoms with Crippen LogP contribution in [0.15, 0.2) is 51.6 Å². The molecule has 1 amide bonds. The molecule has 0 radical (unpaired) electrons. The van der Waals surface area contributed by atoms with Crippen molar-refractivity contribution in [3.8, 4) is 0 Å². The minimum Gasteiger partial charge on any atom is -0.481 e. The quantitative estimate of drug-likeness (QED) is 0.817. The van der Waals surface area contributed by atoms with Crippen LogP contribution in [0.4, 0.5) is 0 Å². The molecule has 24 heavy (non-hydrogen) atoms.